The lowest BCUT2D eigenvalue weighted by atomic mass is 10.1. The highest BCUT2D eigenvalue weighted by Gasteiger charge is 2.16. The van der Waals surface area contributed by atoms with E-state index in [0.29, 0.717) is 17.0 Å². The lowest BCUT2D eigenvalue weighted by Crippen LogP contribution is -2.13. The smallest absolute Gasteiger partial charge is 0.273 e. The van der Waals surface area contributed by atoms with Crippen molar-refractivity contribution < 1.29 is 14.5 Å². The molecule has 0 aliphatic carbocycles. The maximum Gasteiger partial charge on any atom is 0.273 e. The molecule has 1 amide bonds. The van der Waals surface area contributed by atoms with Crippen molar-refractivity contribution in [1.29, 1.82) is 0 Å². The normalized spacial score (nSPS) is 10.1. The molecule has 2 aromatic carbocycles. The van der Waals surface area contributed by atoms with Gasteiger partial charge in [0.15, 0.2) is 0 Å². The highest BCUT2D eigenvalue weighted by atomic mass is 16.6. The molecule has 0 atom stereocenters. The van der Waals surface area contributed by atoms with Crippen molar-refractivity contribution in [2.75, 3.05) is 12.4 Å². The van der Waals surface area contributed by atoms with E-state index >= 15 is 0 Å². The number of rotatable bonds is 4. The van der Waals surface area contributed by atoms with Gasteiger partial charge >= 0.3 is 0 Å². The third-order valence-corrected chi connectivity index (χ3v) is 3.27. The first kappa shape index (κ1) is 15.5. The quantitative estimate of drug-likeness (QED) is 0.692. The molecule has 6 heteroatoms. The van der Waals surface area contributed by atoms with Crippen molar-refractivity contribution >= 4 is 17.3 Å². The van der Waals surface area contributed by atoms with Gasteiger partial charge in [-0.3, -0.25) is 14.9 Å². The number of carbonyl (C=O) groups excluding carboxylic acids is 1. The highest BCUT2D eigenvalue weighted by Crippen LogP contribution is 2.26. The zero-order valence-corrected chi connectivity index (χ0v) is 12.5. The first-order chi connectivity index (χ1) is 10.4. The van der Waals surface area contributed by atoms with Crippen LogP contribution in [0.5, 0.6) is 5.75 Å². The molecule has 0 bridgehead atoms. The van der Waals surface area contributed by atoms with E-state index in [4.69, 9.17) is 4.74 Å². The monoisotopic (exact) mass is 300 g/mol. The van der Waals surface area contributed by atoms with Crippen LogP contribution in [-0.4, -0.2) is 17.9 Å². The van der Waals surface area contributed by atoms with Crippen molar-refractivity contribution in [3.05, 3.63) is 63.2 Å². The van der Waals surface area contributed by atoms with Gasteiger partial charge in [-0.25, -0.2) is 0 Å². The number of anilines is 1. The number of hydrogen-bond donors (Lipinski definition) is 1. The fourth-order valence-electron chi connectivity index (χ4n) is 2.06. The van der Waals surface area contributed by atoms with E-state index in [9.17, 15) is 14.9 Å². The minimum atomic E-state index is -0.501. The van der Waals surface area contributed by atoms with E-state index < -0.39 is 10.8 Å². The van der Waals surface area contributed by atoms with Gasteiger partial charge in [-0.2, -0.15) is 0 Å². The van der Waals surface area contributed by atoms with Crippen LogP contribution in [-0.2, 0) is 0 Å². The Morgan fingerprint density at radius 1 is 1.18 bits per heavy atom. The van der Waals surface area contributed by atoms with E-state index in [2.05, 4.69) is 5.32 Å². The van der Waals surface area contributed by atoms with Crippen LogP contribution >= 0.6 is 0 Å². The first-order valence-corrected chi connectivity index (χ1v) is 6.63. The molecule has 0 unspecified atom stereocenters. The lowest BCUT2D eigenvalue weighted by Gasteiger charge is -2.11. The molecule has 0 heterocycles. The minimum Gasteiger partial charge on any atom is -0.495 e. The number of methoxy groups -OCH3 is 1. The van der Waals surface area contributed by atoms with Crippen LogP contribution in [0.4, 0.5) is 11.4 Å². The molecule has 0 aliphatic heterocycles. The van der Waals surface area contributed by atoms with Gasteiger partial charge in [-0.15, -0.1) is 0 Å². The second-order valence-electron chi connectivity index (χ2n) is 4.92. The van der Waals surface area contributed by atoms with E-state index in [1.807, 2.05) is 13.0 Å². The van der Waals surface area contributed by atoms with E-state index in [0.717, 1.165) is 5.56 Å². The molecule has 22 heavy (non-hydrogen) atoms. The SMILES string of the molecule is COc1ccc(C)cc1NC(=O)c1ccc(C)c([N+](=O)[O-])c1. The summed E-state index contributed by atoms with van der Waals surface area (Å²) >= 11 is 0. The third-order valence-electron chi connectivity index (χ3n) is 3.27. The molecule has 0 radical (unpaired) electrons. The summed E-state index contributed by atoms with van der Waals surface area (Å²) < 4.78 is 5.20. The molecule has 0 saturated heterocycles. The number of hydrogen-bond acceptors (Lipinski definition) is 4. The van der Waals surface area contributed by atoms with Crippen LogP contribution in [0.1, 0.15) is 21.5 Å². The number of nitro benzene ring substituents is 1. The van der Waals surface area contributed by atoms with Gasteiger partial charge in [0, 0.05) is 17.2 Å². The van der Waals surface area contributed by atoms with Gasteiger partial charge in [0.05, 0.1) is 17.7 Å². The summed E-state index contributed by atoms with van der Waals surface area (Å²) in [6, 6.07) is 9.78. The van der Waals surface area contributed by atoms with Crippen molar-refractivity contribution in [2.24, 2.45) is 0 Å². The van der Waals surface area contributed by atoms with Crippen molar-refractivity contribution in [2.45, 2.75) is 13.8 Å². The van der Waals surface area contributed by atoms with Crippen molar-refractivity contribution in [3.8, 4) is 5.75 Å². The summed E-state index contributed by atoms with van der Waals surface area (Å²) in [5.41, 5.74) is 2.14. The molecule has 0 spiro atoms. The van der Waals surface area contributed by atoms with Crippen LogP contribution in [0, 0.1) is 24.0 Å². The summed E-state index contributed by atoms with van der Waals surface area (Å²) in [5, 5.41) is 13.7. The molecule has 0 aromatic heterocycles. The number of benzene rings is 2. The number of nitro groups is 1. The fraction of sp³-hybridized carbons (Fsp3) is 0.188. The molecule has 0 fully saturated rings. The number of ether oxygens (including phenoxy) is 1. The predicted molar refractivity (Wildman–Crippen MR) is 83.5 cm³/mol. The summed E-state index contributed by atoms with van der Waals surface area (Å²) in [5.74, 6) is 0.104. The largest absolute Gasteiger partial charge is 0.495 e. The summed E-state index contributed by atoms with van der Waals surface area (Å²) in [6.45, 7) is 3.52. The predicted octanol–water partition coefficient (Wildman–Crippen LogP) is 3.47. The minimum absolute atomic E-state index is 0.0798. The number of nitrogens with zero attached hydrogens (tertiary/aromatic N) is 1. The molecule has 2 rings (SSSR count). The molecule has 1 N–H and O–H groups in total. The number of amides is 1. The van der Waals surface area contributed by atoms with Gasteiger partial charge in [0.1, 0.15) is 5.75 Å². The third kappa shape index (κ3) is 3.22. The number of nitrogens with one attached hydrogen (secondary N) is 1. The van der Waals surface area contributed by atoms with Gasteiger partial charge in [-0.1, -0.05) is 12.1 Å². The highest BCUT2D eigenvalue weighted by molar-refractivity contribution is 6.05. The Bertz CT molecular complexity index is 741. The van der Waals surface area contributed by atoms with Crippen LogP contribution in [0.2, 0.25) is 0 Å². The molecular formula is C16H16N2O4. The van der Waals surface area contributed by atoms with E-state index in [1.165, 1.54) is 13.2 Å². The standard InChI is InChI=1S/C16H16N2O4/c1-10-4-7-15(22-3)13(8-10)17-16(19)12-6-5-11(2)14(9-12)18(20)21/h4-9H,1-3H3,(H,17,19). The Labute approximate surface area is 127 Å². The van der Waals surface area contributed by atoms with E-state index in [1.54, 1.807) is 31.2 Å². The van der Waals surface area contributed by atoms with Crippen LogP contribution < -0.4 is 10.1 Å². The zero-order valence-electron chi connectivity index (χ0n) is 12.5. The Morgan fingerprint density at radius 3 is 2.55 bits per heavy atom. The average molecular weight is 300 g/mol. The molecule has 2 aromatic rings. The Hall–Kier alpha value is -2.89. The second kappa shape index (κ2) is 6.26. The fourth-order valence-corrected chi connectivity index (χ4v) is 2.06. The maximum atomic E-state index is 12.3. The van der Waals surface area contributed by atoms with Crippen LogP contribution in [0.3, 0.4) is 0 Å². The first-order valence-electron chi connectivity index (χ1n) is 6.63. The average Bonchev–Trinajstić information content (AvgIpc) is 2.47. The molecule has 6 nitrogen and oxygen atoms in total. The molecular weight excluding hydrogens is 284 g/mol. The Kier molecular flexibility index (Phi) is 4.41. The van der Waals surface area contributed by atoms with Crippen LogP contribution in [0.25, 0.3) is 0 Å². The summed E-state index contributed by atoms with van der Waals surface area (Å²) in [7, 11) is 1.51. The summed E-state index contributed by atoms with van der Waals surface area (Å²) in [4.78, 5) is 22.7. The maximum absolute atomic E-state index is 12.3. The van der Waals surface area contributed by atoms with E-state index in [-0.39, 0.29) is 11.3 Å². The van der Waals surface area contributed by atoms with Gasteiger partial charge < -0.3 is 10.1 Å². The van der Waals surface area contributed by atoms with Gasteiger partial charge in [-0.05, 0) is 37.6 Å². The Morgan fingerprint density at radius 2 is 1.91 bits per heavy atom. The topological polar surface area (TPSA) is 81.5 Å². The Balaban J connectivity index is 2.32. The van der Waals surface area contributed by atoms with Gasteiger partial charge in [0.25, 0.3) is 11.6 Å². The molecule has 114 valence electrons. The molecule has 0 aliphatic rings. The van der Waals surface area contributed by atoms with Crippen molar-refractivity contribution in [3.63, 3.8) is 0 Å². The summed E-state index contributed by atoms with van der Waals surface area (Å²) in [6.07, 6.45) is 0. The van der Waals surface area contributed by atoms with Crippen molar-refractivity contribution in [1.82, 2.24) is 0 Å². The zero-order chi connectivity index (χ0) is 16.3. The number of carbonyl (C=O) groups is 1. The van der Waals surface area contributed by atoms with Gasteiger partial charge in [0.2, 0.25) is 0 Å². The second-order valence-corrected chi connectivity index (χ2v) is 4.92. The number of aryl methyl sites for hydroxylation is 2. The molecule has 0 saturated carbocycles. The lowest BCUT2D eigenvalue weighted by molar-refractivity contribution is -0.385. The van der Waals surface area contributed by atoms with Crippen LogP contribution in [0.15, 0.2) is 36.4 Å².